The van der Waals surface area contributed by atoms with E-state index in [0.717, 1.165) is 5.69 Å². The van der Waals surface area contributed by atoms with Crippen LogP contribution in [-0.4, -0.2) is 23.9 Å². The number of ether oxygens (including phenoxy) is 1. The number of hydrogen-bond donors (Lipinski definition) is 1. The Hall–Kier alpha value is -2.53. The van der Waals surface area contributed by atoms with Crippen molar-refractivity contribution in [3.05, 3.63) is 71.8 Å². The summed E-state index contributed by atoms with van der Waals surface area (Å²) in [4.78, 5) is 16.3. The van der Waals surface area contributed by atoms with Crippen molar-refractivity contribution in [1.82, 2.24) is 4.98 Å². The summed E-state index contributed by atoms with van der Waals surface area (Å²) < 4.78 is 17.8. The molecule has 1 heterocycles. The lowest BCUT2D eigenvalue weighted by Gasteiger charge is -2.08. The lowest BCUT2D eigenvalue weighted by molar-refractivity contribution is 0.0982. The third-order valence-corrected chi connectivity index (χ3v) is 3.35. The van der Waals surface area contributed by atoms with Crippen LogP contribution in [-0.2, 0) is 6.42 Å². The van der Waals surface area contributed by atoms with E-state index < -0.39 is 0 Å². The van der Waals surface area contributed by atoms with E-state index in [0.29, 0.717) is 36.1 Å². The summed E-state index contributed by atoms with van der Waals surface area (Å²) in [5.41, 5.74) is 7.25. The second-order valence-corrected chi connectivity index (χ2v) is 5.03. The first kappa shape index (κ1) is 16.8. The minimum Gasteiger partial charge on any atom is -0.489 e. The zero-order valence-electron chi connectivity index (χ0n) is 12.7. The molecule has 5 heteroatoms. The molecule has 1 aromatic carbocycles. The van der Waals surface area contributed by atoms with Gasteiger partial charge in [0.15, 0.2) is 5.78 Å². The van der Waals surface area contributed by atoms with Gasteiger partial charge in [-0.05, 0) is 42.8 Å². The van der Waals surface area contributed by atoms with Crippen molar-refractivity contribution in [1.29, 1.82) is 0 Å². The molecule has 0 atom stereocenters. The average Bonchev–Trinajstić information content (AvgIpc) is 2.62. The van der Waals surface area contributed by atoms with Gasteiger partial charge in [-0.15, -0.1) is 0 Å². The molecule has 2 rings (SSSR count). The number of hydrogen-bond acceptors (Lipinski definition) is 4. The molecule has 120 valence electrons. The number of Topliss-reactive ketones (excluding diaryl/α,β-unsaturated/α-hetero) is 1. The van der Waals surface area contributed by atoms with E-state index in [1.807, 2.05) is 18.2 Å². The number of pyridine rings is 1. The quantitative estimate of drug-likeness (QED) is 0.760. The number of nitrogens with zero attached hydrogens (tertiary/aromatic N) is 1. The maximum atomic E-state index is 12.4. The molecule has 0 aliphatic rings. The van der Waals surface area contributed by atoms with E-state index in [1.165, 1.54) is 0 Å². The van der Waals surface area contributed by atoms with Gasteiger partial charge in [-0.3, -0.25) is 9.78 Å². The Morgan fingerprint density at radius 3 is 2.61 bits per heavy atom. The van der Waals surface area contributed by atoms with Crippen LogP contribution in [0.2, 0.25) is 0 Å². The number of carbonyl (C=O) groups excluding carboxylic acids is 1. The number of ketones is 1. The van der Waals surface area contributed by atoms with Gasteiger partial charge in [0, 0.05) is 36.0 Å². The van der Waals surface area contributed by atoms with Crippen molar-refractivity contribution in [3.63, 3.8) is 0 Å². The molecule has 0 saturated carbocycles. The maximum Gasteiger partial charge on any atom is 0.163 e. The molecule has 2 N–H and O–H groups in total. The molecular formula is C18H19FN2O2. The Labute approximate surface area is 134 Å². The van der Waals surface area contributed by atoms with Crippen LogP contribution in [0.1, 0.15) is 22.5 Å². The topological polar surface area (TPSA) is 65.2 Å². The Morgan fingerprint density at radius 1 is 1.22 bits per heavy atom. The highest BCUT2D eigenvalue weighted by molar-refractivity contribution is 5.96. The largest absolute Gasteiger partial charge is 0.489 e. The van der Waals surface area contributed by atoms with Gasteiger partial charge in [0.2, 0.25) is 0 Å². The standard InChI is InChI=1S/C18H19FN2O2/c19-11-14(12-20)13-23-17-7-4-15(5-8-17)18(22)9-6-16-3-1-2-10-21-16/h1-5,7-8,10-11H,6,9,12-13,20H2/b14-11+. The van der Waals surface area contributed by atoms with Gasteiger partial charge in [0.1, 0.15) is 12.4 Å². The van der Waals surface area contributed by atoms with Crippen LogP contribution >= 0.6 is 0 Å². The predicted molar refractivity (Wildman–Crippen MR) is 87.1 cm³/mol. The van der Waals surface area contributed by atoms with E-state index >= 15 is 0 Å². The van der Waals surface area contributed by atoms with Gasteiger partial charge in [-0.1, -0.05) is 6.07 Å². The third-order valence-electron chi connectivity index (χ3n) is 3.35. The molecular weight excluding hydrogens is 295 g/mol. The predicted octanol–water partition coefficient (Wildman–Crippen LogP) is 3.09. The number of aryl methyl sites for hydroxylation is 1. The molecule has 1 aromatic heterocycles. The molecule has 0 fully saturated rings. The Morgan fingerprint density at radius 2 is 2.00 bits per heavy atom. The van der Waals surface area contributed by atoms with Crippen molar-refractivity contribution < 1.29 is 13.9 Å². The number of carbonyl (C=O) groups is 1. The molecule has 0 amide bonds. The highest BCUT2D eigenvalue weighted by Crippen LogP contribution is 2.15. The molecule has 0 spiro atoms. The summed E-state index contributed by atoms with van der Waals surface area (Å²) in [7, 11) is 0. The van der Waals surface area contributed by atoms with E-state index in [2.05, 4.69) is 4.98 Å². The number of rotatable bonds is 8. The van der Waals surface area contributed by atoms with Gasteiger partial charge in [0.05, 0.1) is 6.33 Å². The normalized spacial score (nSPS) is 11.3. The van der Waals surface area contributed by atoms with Crippen LogP contribution in [0.25, 0.3) is 0 Å². The molecule has 0 aliphatic carbocycles. The van der Waals surface area contributed by atoms with Crippen molar-refractivity contribution in [2.75, 3.05) is 13.2 Å². The molecule has 0 saturated heterocycles. The fourth-order valence-electron chi connectivity index (χ4n) is 1.98. The van der Waals surface area contributed by atoms with Crippen LogP contribution in [0, 0.1) is 0 Å². The lowest BCUT2D eigenvalue weighted by atomic mass is 10.1. The van der Waals surface area contributed by atoms with Crippen molar-refractivity contribution in [3.8, 4) is 5.75 Å². The van der Waals surface area contributed by atoms with Crippen LogP contribution in [0.3, 0.4) is 0 Å². The highest BCUT2D eigenvalue weighted by Gasteiger charge is 2.07. The fourth-order valence-corrected chi connectivity index (χ4v) is 1.98. The summed E-state index contributed by atoms with van der Waals surface area (Å²) >= 11 is 0. The van der Waals surface area contributed by atoms with Crippen molar-refractivity contribution >= 4 is 5.78 Å². The maximum absolute atomic E-state index is 12.4. The summed E-state index contributed by atoms with van der Waals surface area (Å²) in [6, 6.07) is 12.5. The van der Waals surface area contributed by atoms with Gasteiger partial charge in [-0.25, -0.2) is 4.39 Å². The Kier molecular flexibility index (Phi) is 6.44. The van der Waals surface area contributed by atoms with Crippen LogP contribution in [0.4, 0.5) is 4.39 Å². The van der Waals surface area contributed by atoms with Crippen LogP contribution < -0.4 is 10.5 Å². The smallest absolute Gasteiger partial charge is 0.163 e. The number of halogens is 1. The molecule has 2 aromatic rings. The minimum absolute atomic E-state index is 0.0495. The number of benzene rings is 1. The second-order valence-electron chi connectivity index (χ2n) is 5.03. The fraction of sp³-hybridized carbons (Fsp3) is 0.222. The first-order chi connectivity index (χ1) is 11.2. The van der Waals surface area contributed by atoms with Gasteiger partial charge in [0.25, 0.3) is 0 Å². The van der Waals surface area contributed by atoms with Crippen molar-refractivity contribution in [2.45, 2.75) is 12.8 Å². The molecule has 0 unspecified atom stereocenters. The second kappa shape index (κ2) is 8.80. The molecule has 23 heavy (non-hydrogen) atoms. The van der Waals surface area contributed by atoms with E-state index in [4.69, 9.17) is 10.5 Å². The first-order valence-corrected chi connectivity index (χ1v) is 7.37. The van der Waals surface area contributed by atoms with Crippen molar-refractivity contribution in [2.24, 2.45) is 5.73 Å². The molecule has 0 radical (unpaired) electrons. The highest BCUT2D eigenvalue weighted by atomic mass is 19.1. The van der Waals surface area contributed by atoms with E-state index in [-0.39, 0.29) is 18.9 Å². The van der Waals surface area contributed by atoms with E-state index in [1.54, 1.807) is 30.5 Å². The number of nitrogens with two attached hydrogens (primary N) is 1. The summed E-state index contributed by atoms with van der Waals surface area (Å²) in [5, 5.41) is 0. The van der Waals surface area contributed by atoms with E-state index in [9.17, 15) is 9.18 Å². The Balaban J connectivity index is 1.87. The summed E-state index contributed by atoms with van der Waals surface area (Å²) in [6.45, 7) is 0.209. The molecule has 0 bridgehead atoms. The first-order valence-electron chi connectivity index (χ1n) is 7.37. The average molecular weight is 314 g/mol. The van der Waals surface area contributed by atoms with Gasteiger partial charge in [-0.2, -0.15) is 0 Å². The molecule has 4 nitrogen and oxygen atoms in total. The van der Waals surface area contributed by atoms with Gasteiger partial charge >= 0.3 is 0 Å². The molecule has 0 aliphatic heterocycles. The summed E-state index contributed by atoms with van der Waals surface area (Å²) in [5.74, 6) is 0.618. The lowest BCUT2D eigenvalue weighted by Crippen LogP contribution is -2.10. The SMILES string of the molecule is NC/C(=C\F)COc1ccc(C(=O)CCc2ccccn2)cc1. The van der Waals surface area contributed by atoms with Gasteiger partial charge < -0.3 is 10.5 Å². The van der Waals surface area contributed by atoms with Crippen LogP contribution in [0.5, 0.6) is 5.75 Å². The zero-order valence-corrected chi connectivity index (χ0v) is 12.7. The number of aromatic nitrogens is 1. The van der Waals surface area contributed by atoms with Crippen LogP contribution in [0.15, 0.2) is 60.6 Å². The Bertz CT molecular complexity index is 654. The zero-order chi connectivity index (χ0) is 16.5. The monoisotopic (exact) mass is 314 g/mol. The third kappa shape index (κ3) is 5.30. The minimum atomic E-state index is 0.0495. The summed E-state index contributed by atoms with van der Waals surface area (Å²) in [6.07, 6.45) is 3.18.